The maximum atomic E-state index is 12.0. The van der Waals surface area contributed by atoms with Crippen LogP contribution in [0.2, 0.25) is 0 Å². The topological polar surface area (TPSA) is 60.1 Å². The molecule has 0 fully saturated rings. The highest BCUT2D eigenvalue weighted by molar-refractivity contribution is 7.19. The standard InChI is InChI=1S/C15H16N4OS/c1-9-13(20)19-14(17-16-9)21-12(18-19)10-5-7-11(8-6-10)15(2,3)4/h5-8H,1-4H3. The first-order valence-corrected chi connectivity index (χ1v) is 7.52. The average molecular weight is 300 g/mol. The number of benzene rings is 1. The second-order valence-electron chi connectivity index (χ2n) is 6.02. The maximum absolute atomic E-state index is 12.0. The van der Waals surface area contributed by atoms with E-state index in [1.807, 2.05) is 12.1 Å². The van der Waals surface area contributed by atoms with Gasteiger partial charge in [-0.3, -0.25) is 4.79 Å². The monoisotopic (exact) mass is 300 g/mol. The van der Waals surface area contributed by atoms with Crippen molar-refractivity contribution < 1.29 is 0 Å². The number of hydrogen-bond donors (Lipinski definition) is 0. The molecule has 5 nitrogen and oxygen atoms in total. The van der Waals surface area contributed by atoms with E-state index in [1.54, 1.807) is 6.92 Å². The zero-order valence-corrected chi connectivity index (χ0v) is 13.2. The first kappa shape index (κ1) is 13.9. The molecule has 108 valence electrons. The zero-order valence-electron chi connectivity index (χ0n) is 12.4. The van der Waals surface area contributed by atoms with E-state index in [0.29, 0.717) is 10.7 Å². The van der Waals surface area contributed by atoms with Crippen molar-refractivity contribution in [2.45, 2.75) is 33.1 Å². The number of aryl methyl sites for hydroxylation is 1. The third-order valence-electron chi connectivity index (χ3n) is 3.35. The van der Waals surface area contributed by atoms with Crippen LogP contribution in [0.4, 0.5) is 0 Å². The molecule has 0 radical (unpaired) electrons. The second-order valence-corrected chi connectivity index (χ2v) is 6.98. The van der Waals surface area contributed by atoms with E-state index in [9.17, 15) is 4.79 Å². The lowest BCUT2D eigenvalue weighted by Gasteiger charge is -2.18. The van der Waals surface area contributed by atoms with Gasteiger partial charge in [-0.15, -0.1) is 10.2 Å². The molecule has 1 aromatic carbocycles. The van der Waals surface area contributed by atoms with E-state index in [2.05, 4.69) is 48.2 Å². The van der Waals surface area contributed by atoms with Crippen LogP contribution in [0.3, 0.4) is 0 Å². The van der Waals surface area contributed by atoms with Crippen molar-refractivity contribution in [1.29, 1.82) is 0 Å². The van der Waals surface area contributed by atoms with Crippen LogP contribution >= 0.6 is 11.3 Å². The summed E-state index contributed by atoms with van der Waals surface area (Å²) in [6, 6.07) is 8.26. The van der Waals surface area contributed by atoms with E-state index >= 15 is 0 Å². The molecule has 0 spiro atoms. The highest BCUT2D eigenvalue weighted by Gasteiger charge is 2.15. The van der Waals surface area contributed by atoms with Gasteiger partial charge in [0.25, 0.3) is 5.56 Å². The van der Waals surface area contributed by atoms with Crippen molar-refractivity contribution in [3.8, 4) is 10.6 Å². The van der Waals surface area contributed by atoms with E-state index in [-0.39, 0.29) is 11.0 Å². The molecule has 3 aromatic rings. The van der Waals surface area contributed by atoms with Gasteiger partial charge in [-0.2, -0.15) is 9.61 Å². The fourth-order valence-electron chi connectivity index (χ4n) is 2.02. The summed E-state index contributed by atoms with van der Waals surface area (Å²) < 4.78 is 1.32. The summed E-state index contributed by atoms with van der Waals surface area (Å²) in [5, 5.41) is 13.0. The van der Waals surface area contributed by atoms with E-state index in [4.69, 9.17) is 0 Å². The normalized spacial score (nSPS) is 12.0. The SMILES string of the molecule is Cc1nnc2sc(-c3ccc(C(C)(C)C)cc3)nn2c1=O. The van der Waals surface area contributed by atoms with Crippen molar-refractivity contribution in [3.05, 3.63) is 45.9 Å². The zero-order chi connectivity index (χ0) is 15.2. The first-order valence-electron chi connectivity index (χ1n) is 6.70. The Kier molecular flexibility index (Phi) is 3.13. The van der Waals surface area contributed by atoms with Crippen LogP contribution in [-0.2, 0) is 5.41 Å². The lowest BCUT2D eigenvalue weighted by Crippen LogP contribution is -2.19. The quantitative estimate of drug-likeness (QED) is 0.693. The summed E-state index contributed by atoms with van der Waals surface area (Å²) in [6.07, 6.45) is 0. The van der Waals surface area contributed by atoms with Crippen molar-refractivity contribution in [2.24, 2.45) is 0 Å². The molecule has 0 atom stereocenters. The molecule has 0 N–H and O–H groups in total. The second kappa shape index (κ2) is 4.73. The summed E-state index contributed by atoms with van der Waals surface area (Å²) in [5.74, 6) is 0. The Labute approximate surface area is 126 Å². The van der Waals surface area contributed by atoms with E-state index in [1.165, 1.54) is 21.4 Å². The molecule has 0 saturated carbocycles. The number of fused-ring (bicyclic) bond motifs is 1. The predicted octanol–water partition coefficient (Wildman–Crippen LogP) is 2.82. The molecule has 2 aromatic heterocycles. The lowest BCUT2D eigenvalue weighted by molar-refractivity contribution is 0.590. The third kappa shape index (κ3) is 2.47. The Morgan fingerprint density at radius 1 is 1.10 bits per heavy atom. The van der Waals surface area contributed by atoms with Crippen LogP contribution in [0, 0.1) is 6.92 Å². The largest absolute Gasteiger partial charge is 0.296 e. The van der Waals surface area contributed by atoms with Crippen LogP contribution < -0.4 is 5.56 Å². The molecule has 0 aliphatic rings. The fraction of sp³-hybridized carbons (Fsp3) is 0.333. The minimum Gasteiger partial charge on any atom is -0.265 e. The van der Waals surface area contributed by atoms with Gasteiger partial charge in [-0.1, -0.05) is 56.4 Å². The molecule has 0 saturated heterocycles. The molecule has 0 aliphatic carbocycles. The van der Waals surface area contributed by atoms with Gasteiger partial charge in [0.2, 0.25) is 4.96 Å². The van der Waals surface area contributed by atoms with E-state index in [0.717, 1.165) is 10.6 Å². The molecule has 0 unspecified atom stereocenters. The number of aromatic nitrogens is 4. The predicted molar refractivity (Wildman–Crippen MR) is 83.8 cm³/mol. The summed E-state index contributed by atoms with van der Waals surface area (Å²) >= 11 is 1.36. The van der Waals surface area contributed by atoms with Crippen molar-refractivity contribution in [1.82, 2.24) is 19.8 Å². The Balaban J connectivity index is 2.09. The van der Waals surface area contributed by atoms with Gasteiger partial charge in [0.15, 0.2) is 0 Å². The van der Waals surface area contributed by atoms with Crippen molar-refractivity contribution in [2.75, 3.05) is 0 Å². The van der Waals surface area contributed by atoms with Crippen LogP contribution in [0.5, 0.6) is 0 Å². The summed E-state index contributed by atoms with van der Waals surface area (Å²) in [7, 11) is 0. The van der Waals surface area contributed by atoms with Crippen LogP contribution in [0.1, 0.15) is 32.0 Å². The van der Waals surface area contributed by atoms with Gasteiger partial charge in [0, 0.05) is 5.56 Å². The number of nitrogens with zero attached hydrogens (tertiary/aromatic N) is 4. The van der Waals surface area contributed by atoms with E-state index < -0.39 is 0 Å². The Bertz CT molecular complexity index is 856. The minimum atomic E-state index is -0.214. The molecular weight excluding hydrogens is 284 g/mol. The minimum absolute atomic E-state index is 0.117. The molecule has 0 amide bonds. The molecule has 21 heavy (non-hydrogen) atoms. The van der Waals surface area contributed by atoms with Crippen molar-refractivity contribution >= 4 is 16.3 Å². The summed E-state index contributed by atoms with van der Waals surface area (Å²) in [6.45, 7) is 8.17. The Morgan fingerprint density at radius 2 is 1.76 bits per heavy atom. The fourth-order valence-corrected chi connectivity index (χ4v) is 2.86. The maximum Gasteiger partial charge on any atom is 0.296 e. The van der Waals surface area contributed by atoms with Crippen LogP contribution in [0.25, 0.3) is 15.5 Å². The molecule has 6 heteroatoms. The van der Waals surface area contributed by atoms with Gasteiger partial charge in [0.05, 0.1) is 0 Å². The van der Waals surface area contributed by atoms with Gasteiger partial charge in [-0.05, 0) is 17.9 Å². The third-order valence-corrected chi connectivity index (χ3v) is 4.29. The first-order chi connectivity index (χ1) is 9.86. The summed E-state index contributed by atoms with van der Waals surface area (Å²) in [4.78, 5) is 12.5. The smallest absolute Gasteiger partial charge is 0.265 e. The van der Waals surface area contributed by atoms with Gasteiger partial charge in [-0.25, -0.2) is 0 Å². The van der Waals surface area contributed by atoms with Gasteiger partial charge < -0.3 is 0 Å². The summed E-state index contributed by atoms with van der Waals surface area (Å²) in [5.41, 5.74) is 2.50. The molecule has 0 aliphatic heterocycles. The van der Waals surface area contributed by atoms with Crippen molar-refractivity contribution in [3.63, 3.8) is 0 Å². The molecule has 3 rings (SSSR count). The molecule has 2 heterocycles. The average Bonchev–Trinajstić information content (AvgIpc) is 2.87. The molecule has 0 bridgehead atoms. The Morgan fingerprint density at radius 3 is 2.38 bits per heavy atom. The van der Waals surface area contributed by atoms with Gasteiger partial charge >= 0.3 is 0 Å². The van der Waals surface area contributed by atoms with Gasteiger partial charge in [0.1, 0.15) is 10.7 Å². The highest BCUT2D eigenvalue weighted by atomic mass is 32.1. The van der Waals surface area contributed by atoms with Crippen LogP contribution in [-0.4, -0.2) is 19.8 Å². The lowest BCUT2D eigenvalue weighted by atomic mass is 9.87. The van der Waals surface area contributed by atoms with Crippen LogP contribution in [0.15, 0.2) is 29.1 Å². The number of hydrogen-bond acceptors (Lipinski definition) is 5. The highest BCUT2D eigenvalue weighted by Crippen LogP contribution is 2.28. The molecular formula is C15H16N4OS. The number of rotatable bonds is 1. The Hall–Kier alpha value is -2.08.